The first-order valence-electron chi connectivity index (χ1n) is 6.76. The van der Waals surface area contributed by atoms with Gasteiger partial charge in [-0.25, -0.2) is 4.79 Å². The van der Waals surface area contributed by atoms with E-state index in [-0.39, 0.29) is 30.3 Å². The van der Waals surface area contributed by atoms with E-state index in [4.69, 9.17) is 5.73 Å². The smallest absolute Gasteiger partial charge is 0.337 e. The Morgan fingerprint density at radius 3 is 2.62 bits per heavy atom. The molecule has 1 aromatic rings. The van der Waals surface area contributed by atoms with Gasteiger partial charge in [0.05, 0.1) is 12.7 Å². The summed E-state index contributed by atoms with van der Waals surface area (Å²) < 4.78 is 4.68. The summed E-state index contributed by atoms with van der Waals surface area (Å²) in [4.78, 5) is 23.7. The molecule has 21 heavy (non-hydrogen) atoms. The summed E-state index contributed by atoms with van der Waals surface area (Å²) >= 11 is 0. The lowest BCUT2D eigenvalue weighted by Gasteiger charge is -2.13. The van der Waals surface area contributed by atoms with Crippen LogP contribution in [0.1, 0.15) is 35.2 Å². The molecule has 1 fully saturated rings. The van der Waals surface area contributed by atoms with Crippen LogP contribution in [0.3, 0.4) is 0 Å². The van der Waals surface area contributed by atoms with E-state index in [9.17, 15) is 9.59 Å². The minimum atomic E-state index is -0.414. The Bertz CT molecular complexity index is 534. The van der Waals surface area contributed by atoms with Gasteiger partial charge in [-0.1, -0.05) is 6.07 Å². The number of carbonyl (C=O) groups excluding carboxylic acids is 2. The molecule has 1 saturated carbocycles. The average Bonchev–Trinajstić information content (AvgIpc) is 2.87. The van der Waals surface area contributed by atoms with Crippen molar-refractivity contribution in [3.63, 3.8) is 0 Å². The van der Waals surface area contributed by atoms with Crippen LogP contribution in [0.2, 0.25) is 0 Å². The maximum atomic E-state index is 12.2. The Balaban J connectivity index is 0.00000220. The van der Waals surface area contributed by atoms with Gasteiger partial charge in [-0.2, -0.15) is 0 Å². The van der Waals surface area contributed by atoms with Crippen molar-refractivity contribution in [3.8, 4) is 0 Å². The first-order chi connectivity index (χ1) is 9.51. The molecule has 2 rings (SSSR count). The zero-order chi connectivity index (χ0) is 14.7. The molecule has 1 aromatic carbocycles. The molecule has 0 heterocycles. The molecule has 0 saturated heterocycles. The fraction of sp³-hybridized carbons (Fsp3) is 0.467. The quantitative estimate of drug-likeness (QED) is 0.839. The zero-order valence-corrected chi connectivity index (χ0v) is 13.0. The van der Waals surface area contributed by atoms with Crippen molar-refractivity contribution in [2.24, 2.45) is 11.7 Å². The second kappa shape index (κ2) is 7.43. The SMILES string of the molecule is COC(=O)c1ccc(C)c(NC(=O)C2CCC(N)C2)c1.Cl. The van der Waals surface area contributed by atoms with Gasteiger partial charge in [0.2, 0.25) is 5.91 Å². The third kappa shape index (κ3) is 4.19. The Kier molecular flexibility index (Phi) is 6.18. The number of amides is 1. The number of halogens is 1. The summed E-state index contributed by atoms with van der Waals surface area (Å²) in [5.41, 5.74) is 7.82. The van der Waals surface area contributed by atoms with Crippen LogP contribution in [-0.2, 0) is 9.53 Å². The number of nitrogens with two attached hydrogens (primary N) is 1. The summed E-state index contributed by atoms with van der Waals surface area (Å²) in [6, 6.07) is 5.24. The van der Waals surface area contributed by atoms with Gasteiger partial charge in [0.25, 0.3) is 0 Å². The van der Waals surface area contributed by atoms with Crippen LogP contribution in [0.4, 0.5) is 5.69 Å². The Morgan fingerprint density at radius 2 is 2.05 bits per heavy atom. The Hall–Kier alpha value is -1.59. The van der Waals surface area contributed by atoms with Crippen LogP contribution < -0.4 is 11.1 Å². The highest BCUT2D eigenvalue weighted by molar-refractivity contribution is 5.96. The van der Waals surface area contributed by atoms with Crippen molar-refractivity contribution in [3.05, 3.63) is 29.3 Å². The molecule has 3 N–H and O–H groups in total. The largest absolute Gasteiger partial charge is 0.465 e. The standard InChI is InChI=1S/C15H20N2O3.ClH/c1-9-3-4-11(15(19)20-2)8-13(9)17-14(18)10-5-6-12(16)7-10;/h3-4,8,10,12H,5-7,16H2,1-2H3,(H,17,18);1H. The third-order valence-corrected chi connectivity index (χ3v) is 3.76. The first kappa shape index (κ1) is 17.5. The molecule has 2 unspecified atom stereocenters. The van der Waals surface area contributed by atoms with Gasteiger partial charge in [-0.15, -0.1) is 12.4 Å². The van der Waals surface area contributed by atoms with Crippen molar-refractivity contribution in [2.75, 3.05) is 12.4 Å². The number of ether oxygens (including phenoxy) is 1. The third-order valence-electron chi connectivity index (χ3n) is 3.76. The Labute approximate surface area is 130 Å². The number of carbonyl (C=O) groups is 2. The molecule has 5 nitrogen and oxygen atoms in total. The van der Waals surface area contributed by atoms with Gasteiger partial charge in [0.15, 0.2) is 0 Å². The lowest BCUT2D eigenvalue weighted by Crippen LogP contribution is -2.23. The lowest BCUT2D eigenvalue weighted by molar-refractivity contribution is -0.119. The number of benzene rings is 1. The van der Waals surface area contributed by atoms with E-state index in [1.165, 1.54) is 7.11 Å². The molecule has 1 aliphatic carbocycles. The summed E-state index contributed by atoms with van der Waals surface area (Å²) in [5.74, 6) is -0.474. The number of nitrogens with one attached hydrogen (secondary N) is 1. The molecule has 6 heteroatoms. The number of esters is 1. The minimum absolute atomic E-state index is 0. The molecule has 0 bridgehead atoms. The van der Waals surface area contributed by atoms with Gasteiger partial charge >= 0.3 is 5.97 Å². The van der Waals surface area contributed by atoms with E-state index in [1.54, 1.807) is 18.2 Å². The monoisotopic (exact) mass is 312 g/mol. The molecule has 1 aliphatic rings. The molecule has 0 aliphatic heterocycles. The van der Waals surface area contributed by atoms with Crippen molar-refractivity contribution in [1.82, 2.24) is 0 Å². The fourth-order valence-electron chi connectivity index (χ4n) is 2.49. The first-order valence-corrected chi connectivity index (χ1v) is 6.76. The van der Waals surface area contributed by atoms with Gasteiger partial charge in [-0.05, 0) is 43.9 Å². The molecular formula is C15H21ClN2O3. The van der Waals surface area contributed by atoms with E-state index in [2.05, 4.69) is 10.1 Å². The number of anilines is 1. The second-order valence-electron chi connectivity index (χ2n) is 5.28. The van der Waals surface area contributed by atoms with Crippen molar-refractivity contribution in [2.45, 2.75) is 32.2 Å². The summed E-state index contributed by atoms with van der Waals surface area (Å²) in [6.07, 6.45) is 2.43. The van der Waals surface area contributed by atoms with Crippen LogP contribution >= 0.6 is 12.4 Å². The van der Waals surface area contributed by atoms with E-state index in [0.29, 0.717) is 11.3 Å². The summed E-state index contributed by atoms with van der Waals surface area (Å²) in [5, 5.41) is 2.89. The van der Waals surface area contributed by atoms with Crippen molar-refractivity contribution >= 4 is 30.0 Å². The zero-order valence-electron chi connectivity index (χ0n) is 12.2. The predicted octanol–water partition coefficient (Wildman–Crippen LogP) is 2.27. The maximum absolute atomic E-state index is 12.2. The van der Waals surface area contributed by atoms with Gasteiger partial charge in [0.1, 0.15) is 0 Å². The molecule has 0 radical (unpaired) electrons. The predicted molar refractivity (Wildman–Crippen MR) is 83.7 cm³/mol. The number of hydrogen-bond acceptors (Lipinski definition) is 4. The van der Waals surface area contributed by atoms with Gasteiger partial charge in [-0.3, -0.25) is 4.79 Å². The summed E-state index contributed by atoms with van der Waals surface area (Å²) in [7, 11) is 1.33. The number of hydrogen-bond donors (Lipinski definition) is 2. The highest BCUT2D eigenvalue weighted by Crippen LogP contribution is 2.26. The normalized spacial score (nSPS) is 20.5. The minimum Gasteiger partial charge on any atom is -0.465 e. The lowest BCUT2D eigenvalue weighted by atomic mass is 10.1. The van der Waals surface area contributed by atoms with E-state index in [1.807, 2.05) is 6.92 Å². The van der Waals surface area contributed by atoms with Crippen LogP contribution in [0.5, 0.6) is 0 Å². The van der Waals surface area contributed by atoms with E-state index >= 15 is 0 Å². The van der Waals surface area contributed by atoms with Crippen molar-refractivity contribution < 1.29 is 14.3 Å². The summed E-state index contributed by atoms with van der Waals surface area (Å²) in [6.45, 7) is 1.89. The van der Waals surface area contributed by atoms with Gasteiger partial charge < -0.3 is 15.8 Å². The molecular weight excluding hydrogens is 292 g/mol. The number of methoxy groups -OCH3 is 1. The number of aryl methyl sites for hydroxylation is 1. The molecule has 116 valence electrons. The van der Waals surface area contributed by atoms with Crippen LogP contribution in [0, 0.1) is 12.8 Å². The molecule has 2 atom stereocenters. The van der Waals surface area contributed by atoms with Crippen molar-refractivity contribution in [1.29, 1.82) is 0 Å². The van der Waals surface area contributed by atoms with Crippen LogP contribution in [0.15, 0.2) is 18.2 Å². The highest BCUT2D eigenvalue weighted by atomic mass is 35.5. The van der Waals surface area contributed by atoms with E-state index < -0.39 is 5.97 Å². The topological polar surface area (TPSA) is 81.4 Å². The van der Waals surface area contributed by atoms with Gasteiger partial charge in [0, 0.05) is 17.6 Å². The fourth-order valence-corrected chi connectivity index (χ4v) is 2.49. The molecule has 1 amide bonds. The van der Waals surface area contributed by atoms with Crippen LogP contribution in [0.25, 0.3) is 0 Å². The Morgan fingerprint density at radius 1 is 1.33 bits per heavy atom. The molecule has 0 aromatic heterocycles. The average molecular weight is 313 g/mol. The van der Waals surface area contributed by atoms with E-state index in [0.717, 1.165) is 24.8 Å². The second-order valence-corrected chi connectivity index (χ2v) is 5.28. The highest BCUT2D eigenvalue weighted by Gasteiger charge is 2.28. The number of rotatable bonds is 3. The molecule has 0 spiro atoms. The maximum Gasteiger partial charge on any atom is 0.337 e. The van der Waals surface area contributed by atoms with Crippen LogP contribution in [-0.4, -0.2) is 25.0 Å².